The molecule has 1 fully saturated rings. The summed E-state index contributed by atoms with van der Waals surface area (Å²) in [6.45, 7) is 2.64. The molecule has 0 saturated carbocycles. The van der Waals surface area contributed by atoms with Gasteiger partial charge in [-0.15, -0.1) is 0 Å². The summed E-state index contributed by atoms with van der Waals surface area (Å²) in [5, 5.41) is 11.5. The molecule has 2 aliphatic rings. The van der Waals surface area contributed by atoms with Crippen molar-refractivity contribution in [3.05, 3.63) is 35.4 Å². The molecule has 0 spiro atoms. The summed E-state index contributed by atoms with van der Waals surface area (Å²) in [7, 11) is 0. The highest BCUT2D eigenvalue weighted by molar-refractivity contribution is 5.94. The van der Waals surface area contributed by atoms with Crippen LogP contribution in [0.5, 0.6) is 0 Å². The number of nitrogens with one attached hydrogen (secondary N) is 1. The first-order valence-corrected chi connectivity index (χ1v) is 8.25. The molecule has 1 N–H and O–H groups in total. The number of hydrogen-bond acceptors (Lipinski definition) is 4. The van der Waals surface area contributed by atoms with Crippen LogP contribution in [0.25, 0.3) is 0 Å². The quantitative estimate of drug-likeness (QED) is 0.918. The first-order valence-electron chi connectivity index (χ1n) is 8.25. The lowest BCUT2D eigenvalue weighted by Crippen LogP contribution is -2.39. The maximum absolute atomic E-state index is 12.9. The van der Waals surface area contributed by atoms with E-state index in [1.807, 2.05) is 21.8 Å². The van der Waals surface area contributed by atoms with Crippen LogP contribution in [0.2, 0.25) is 0 Å². The Balaban J connectivity index is 1.49. The van der Waals surface area contributed by atoms with Crippen LogP contribution in [0.4, 0.5) is 0 Å². The van der Waals surface area contributed by atoms with Crippen LogP contribution in [0, 0.1) is 0 Å². The summed E-state index contributed by atoms with van der Waals surface area (Å²) < 4.78 is 7.74. The van der Waals surface area contributed by atoms with Gasteiger partial charge in [0.1, 0.15) is 0 Å². The van der Waals surface area contributed by atoms with Crippen LogP contribution in [0.3, 0.4) is 0 Å². The largest absolute Gasteiger partial charge is 0.374 e. The van der Waals surface area contributed by atoms with Crippen molar-refractivity contribution in [2.45, 2.75) is 38.3 Å². The number of aromatic amines is 1. The van der Waals surface area contributed by atoms with Crippen molar-refractivity contribution in [1.29, 1.82) is 0 Å². The molecule has 23 heavy (non-hydrogen) atoms. The third-order valence-electron chi connectivity index (χ3n) is 4.60. The fraction of sp³-hybridized carbons (Fsp3) is 0.562. The van der Waals surface area contributed by atoms with E-state index in [-0.39, 0.29) is 12.0 Å². The zero-order chi connectivity index (χ0) is 15.6. The van der Waals surface area contributed by atoms with Gasteiger partial charge >= 0.3 is 0 Å². The normalized spacial score (nSPS) is 21.2. The summed E-state index contributed by atoms with van der Waals surface area (Å²) in [6, 6.07) is 1.90. The van der Waals surface area contributed by atoms with Gasteiger partial charge in [0.25, 0.3) is 5.91 Å². The Hall–Kier alpha value is -2.15. The lowest BCUT2D eigenvalue weighted by Gasteiger charge is -2.23. The third kappa shape index (κ3) is 2.88. The molecule has 0 radical (unpaired) electrons. The van der Waals surface area contributed by atoms with Crippen LogP contribution < -0.4 is 0 Å². The lowest BCUT2D eigenvalue weighted by atomic mass is 10.1. The summed E-state index contributed by atoms with van der Waals surface area (Å²) in [4.78, 5) is 14.8. The topological polar surface area (TPSA) is 76.0 Å². The van der Waals surface area contributed by atoms with Crippen LogP contribution in [0.15, 0.2) is 18.5 Å². The number of rotatable bonds is 3. The number of carbonyl (C=O) groups is 1. The molecule has 0 aromatic carbocycles. The number of amides is 1. The van der Waals surface area contributed by atoms with Crippen molar-refractivity contribution in [2.75, 3.05) is 19.7 Å². The van der Waals surface area contributed by atoms with Gasteiger partial charge in [-0.1, -0.05) is 0 Å². The second-order valence-corrected chi connectivity index (χ2v) is 6.21. The van der Waals surface area contributed by atoms with Gasteiger partial charge in [0.05, 0.1) is 12.6 Å². The Morgan fingerprint density at radius 3 is 3.22 bits per heavy atom. The number of H-pyrrole nitrogens is 1. The second-order valence-electron chi connectivity index (χ2n) is 6.21. The number of carbonyl (C=O) groups excluding carboxylic acids is 1. The number of fused-ring (bicyclic) bond motifs is 1. The van der Waals surface area contributed by atoms with E-state index in [0.29, 0.717) is 25.4 Å². The van der Waals surface area contributed by atoms with Crippen LogP contribution in [0.1, 0.15) is 34.6 Å². The van der Waals surface area contributed by atoms with E-state index in [0.717, 1.165) is 43.5 Å². The van der Waals surface area contributed by atoms with Gasteiger partial charge in [-0.3, -0.25) is 14.6 Å². The zero-order valence-corrected chi connectivity index (χ0v) is 13.1. The molecular weight excluding hydrogens is 294 g/mol. The Morgan fingerprint density at radius 1 is 1.39 bits per heavy atom. The summed E-state index contributed by atoms with van der Waals surface area (Å²) in [5.41, 5.74) is 2.86. The Kier molecular flexibility index (Phi) is 3.87. The molecule has 1 amide bonds. The molecule has 122 valence electrons. The van der Waals surface area contributed by atoms with Gasteiger partial charge in [-0.25, -0.2) is 0 Å². The van der Waals surface area contributed by atoms with E-state index < -0.39 is 0 Å². The molecule has 1 unspecified atom stereocenters. The molecule has 7 nitrogen and oxygen atoms in total. The molecular formula is C16H21N5O2. The van der Waals surface area contributed by atoms with Crippen molar-refractivity contribution in [1.82, 2.24) is 24.9 Å². The van der Waals surface area contributed by atoms with E-state index in [1.54, 1.807) is 6.20 Å². The number of aromatic nitrogens is 4. The predicted octanol–water partition coefficient (Wildman–Crippen LogP) is 1.03. The highest BCUT2D eigenvalue weighted by Gasteiger charge is 2.29. The summed E-state index contributed by atoms with van der Waals surface area (Å²) >= 11 is 0. The molecule has 2 aromatic heterocycles. The molecule has 1 aliphatic heterocycles. The molecule has 0 bridgehead atoms. The van der Waals surface area contributed by atoms with Crippen molar-refractivity contribution >= 4 is 5.91 Å². The van der Waals surface area contributed by atoms with Gasteiger partial charge in [0.2, 0.25) is 0 Å². The van der Waals surface area contributed by atoms with Gasteiger partial charge < -0.3 is 9.64 Å². The molecule has 3 heterocycles. The number of nitrogens with zero attached hydrogens (tertiary/aromatic N) is 4. The Labute approximate surface area is 134 Å². The van der Waals surface area contributed by atoms with Crippen molar-refractivity contribution in [2.24, 2.45) is 0 Å². The number of aryl methyl sites for hydroxylation is 1. The number of hydrogen-bond donors (Lipinski definition) is 1. The highest BCUT2D eigenvalue weighted by atomic mass is 16.5. The minimum absolute atomic E-state index is 0.0281. The van der Waals surface area contributed by atoms with E-state index in [2.05, 4.69) is 15.3 Å². The number of ether oxygens (including phenoxy) is 1. The van der Waals surface area contributed by atoms with Gasteiger partial charge in [-0.05, 0) is 31.7 Å². The van der Waals surface area contributed by atoms with Gasteiger partial charge in [-0.2, -0.15) is 10.2 Å². The monoisotopic (exact) mass is 315 g/mol. The molecule has 4 rings (SSSR count). The average Bonchev–Trinajstić information content (AvgIpc) is 3.23. The fourth-order valence-corrected chi connectivity index (χ4v) is 3.45. The smallest absolute Gasteiger partial charge is 0.274 e. The highest BCUT2D eigenvalue weighted by Crippen LogP contribution is 2.24. The van der Waals surface area contributed by atoms with Crippen molar-refractivity contribution in [3.63, 3.8) is 0 Å². The minimum atomic E-state index is -0.0339. The van der Waals surface area contributed by atoms with Crippen molar-refractivity contribution in [3.8, 4) is 0 Å². The average molecular weight is 315 g/mol. The minimum Gasteiger partial charge on any atom is -0.374 e. The van der Waals surface area contributed by atoms with E-state index in [9.17, 15) is 4.79 Å². The standard InChI is InChI=1S/C16H21N5O2/c22-16(15-13-4-1-5-14(13)18-19-15)20-7-3-9-23-12(10-20)11-21-8-2-6-17-21/h2,6,8,12H,1,3-5,7,9-11H2,(H,18,19). The van der Waals surface area contributed by atoms with Crippen LogP contribution in [-0.2, 0) is 24.1 Å². The molecule has 1 saturated heterocycles. The van der Waals surface area contributed by atoms with E-state index in [4.69, 9.17) is 4.74 Å². The first-order chi connectivity index (χ1) is 11.3. The SMILES string of the molecule is O=C(c1n[nH]c2c1CCC2)N1CCCOC(Cn2cccn2)C1. The zero-order valence-electron chi connectivity index (χ0n) is 13.1. The van der Waals surface area contributed by atoms with Gasteiger partial charge in [0, 0.05) is 43.3 Å². The van der Waals surface area contributed by atoms with Crippen LogP contribution >= 0.6 is 0 Å². The van der Waals surface area contributed by atoms with Crippen molar-refractivity contribution < 1.29 is 9.53 Å². The summed E-state index contributed by atoms with van der Waals surface area (Å²) in [5.74, 6) is 0.0281. The van der Waals surface area contributed by atoms with Crippen LogP contribution in [-0.4, -0.2) is 56.6 Å². The van der Waals surface area contributed by atoms with E-state index >= 15 is 0 Å². The maximum atomic E-state index is 12.9. The van der Waals surface area contributed by atoms with E-state index in [1.165, 1.54) is 0 Å². The molecule has 2 aromatic rings. The fourth-order valence-electron chi connectivity index (χ4n) is 3.45. The second kappa shape index (κ2) is 6.16. The molecule has 7 heteroatoms. The predicted molar refractivity (Wildman–Crippen MR) is 83.1 cm³/mol. The maximum Gasteiger partial charge on any atom is 0.274 e. The molecule has 1 atom stereocenters. The third-order valence-corrected chi connectivity index (χ3v) is 4.60. The Bertz CT molecular complexity index is 679. The first kappa shape index (κ1) is 14.4. The van der Waals surface area contributed by atoms with Gasteiger partial charge in [0.15, 0.2) is 5.69 Å². The Morgan fingerprint density at radius 2 is 2.35 bits per heavy atom. The lowest BCUT2D eigenvalue weighted by molar-refractivity contribution is 0.0365. The molecule has 1 aliphatic carbocycles. The summed E-state index contributed by atoms with van der Waals surface area (Å²) in [6.07, 6.45) is 7.55.